The molecule has 87 valence electrons. The van der Waals surface area contributed by atoms with Crippen LogP contribution in [0.25, 0.3) is 22.3 Å². The Morgan fingerprint density at radius 3 is 2.61 bits per heavy atom. The van der Waals surface area contributed by atoms with Crippen LogP contribution in [0, 0.1) is 6.07 Å². The van der Waals surface area contributed by atoms with Crippen LogP contribution in [0.2, 0.25) is 0 Å². The predicted molar refractivity (Wildman–Crippen MR) is 68.4 cm³/mol. The first-order valence-corrected chi connectivity index (χ1v) is 5.48. The summed E-state index contributed by atoms with van der Waals surface area (Å²) in [7, 11) is 0. The minimum Gasteiger partial charge on any atom is -0.507 e. The lowest BCUT2D eigenvalue weighted by molar-refractivity contribution is 0.473. The molecule has 2 aromatic carbocycles. The van der Waals surface area contributed by atoms with Crippen molar-refractivity contribution in [1.29, 1.82) is 0 Å². The van der Waals surface area contributed by atoms with Gasteiger partial charge in [0.1, 0.15) is 17.1 Å². The van der Waals surface area contributed by atoms with E-state index in [-0.39, 0.29) is 16.8 Å². The van der Waals surface area contributed by atoms with Gasteiger partial charge in [-0.1, -0.05) is 30.3 Å². The van der Waals surface area contributed by atoms with Gasteiger partial charge in [-0.15, -0.1) is 0 Å². The second-order valence-corrected chi connectivity index (χ2v) is 3.93. The van der Waals surface area contributed by atoms with Crippen molar-refractivity contribution in [2.75, 3.05) is 0 Å². The summed E-state index contributed by atoms with van der Waals surface area (Å²) >= 11 is 0. The highest BCUT2D eigenvalue weighted by molar-refractivity contribution is 5.79. The zero-order valence-electron chi connectivity index (χ0n) is 9.38. The molecule has 0 saturated heterocycles. The summed E-state index contributed by atoms with van der Waals surface area (Å²) in [5, 5.41) is 9.77. The summed E-state index contributed by atoms with van der Waals surface area (Å²) < 4.78 is 5.59. The van der Waals surface area contributed by atoms with E-state index >= 15 is 0 Å². The molecule has 1 aromatic heterocycles. The van der Waals surface area contributed by atoms with Crippen LogP contribution in [0.3, 0.4) is 0 Å². The van der Waals surface area contributed by atoms with Crippen LogP contribution < -0.4 is 5.43 Å². The molecule has 0 fully saturated rings. The molecule has 0 unspecified atom stereocenters. The summed E-state index contributed by atoms with van der Waals surface area (Å²) in [5.41, 5.74) is 0.931. The van der Waals surface area contributed by atoms with Gasteiger partial charge in [-0.2, -0.15) is 0 Å². The molecule has 0 aliphatic heterocycles. The summed E-state index contributed by atoms with van der Waals surface area (Å²) in [4.78, 5) is 11.9. The van der Waals surface area contributed by atoms with Crippen molar-refractivity contribution in [1.82, 2.24) is 0 Å². The maximum atomic E-state index is 11.9. The Balaban J connectivity index is 2.30. The van der Waals surface area contributed by atoms with Crippen LogP contribution in [0.15, 0.2) is 57.7 Å². The van der Waals surface area contributed by atoms with E-state index in [2.05, 4.69) is 6.07 Å². The van der Waals surface area contributed by atoms with Gasteiger partial charge in [0.2, 0.25) is 0 Å². The Kier molecular flexibility index (Phi) is 2.38. The van der Waals surface area contributed by atoms with Gasteiger partial charge in [0, 0.05) is 11.6 Å². The highest BCUT2D eigenvalue weighted by atomic mass is 16.3. The molecular formula is C15H9O3. The van der Waals surface area contributed by atoms with E-state index in [4.69, 9.17) is 4.42 Å². The van der Waals surface area contributed by atoms with Gasteiger partial charge in [0.15, 0.2) is 5.43 Å². The Morgan fingerprint density at radius 2 is 1.83 bits per heavy atom. The minimum atomic E-state index is -0.147. The first-order chi connectivity index (χ1) is 8.74. The zero-order chi connectivity index (χ0) is 12.5. The van der Waals surface area contributed by atoms with Crippen LogP contribution in [-0.4, -0.2) is 5.11 Å². The summed E-state index contributed by atoms with van der Waals surface area (Å²) in [5.74, 6) is 0.422. The molecule has 3 heteroatoms. The number of fused-ring (bicyclic) bond motifs is 1. The molecule has 3 nitrogen and oxygen atoms in total. The molecule has 18 heavy (non-hydrogen) atoms. The first kappa shape index (κ1) is 10.6. The van der Waals surface area contributed by atoms with Gasteiger partial charge in [-0.05, 0) is 12.1 Å². The van der Waals surface area contributed by atoms with E-state index < -0.39 is 0 Å². The molecule has 0 aliphatic carbocycles. The van der Waals surface area contributed by atoms with E-state index in [9.17, 15) is 9.90 Å². The second kappa shape index (κ2) is 4.04. The van der Waals surface area contributed by atoms with E-state index in [1.165, 1.54) is 18.2 Å². The van der Waals surface area contributed by atoms with Crippen LogP contribution in [0.5, 0.6) is 5.75 Å². The van der Waals surface area contributed by atoms with Crippen molar-refractivity contribution in [3.8, 4) is 17.1 Å². The molecule has 0 spiro atoms. The molecule has 0 atom stereocenters. The lowest BCUT2D eigenvalue weighted by atomic mass is 10.1. The highest BCUT2D eigenvalue weighted by Crippen LogP contribution is 2.23. The van der Waals surface area contributed by atoms with Gasteiger partial charge in [-0.25, -0.2) is 0 Å². The lowest BCUT2D eigenvalue weighted by Gasteiger charge is -2.02. The molecular weight excluding hydrogens is 228 g/mol. The number of rotatable bonds is 1. The van der Waals surface area contributed by atoms with Crippen molar-refractivity contribution in [3.05, 3.63) is 64.8 Å². The van der Waals surface area contributed by atoms with E-state index in [0.29, 0.717) is 11.1 Å². The quantitative estimate of drug-likeness (QED) is 0.707. The highest BCUT2D eigenvalue weighted by Gasteiger charge is 2.07. The third kappa shape index (κ3) is 1.76. The fourth-order valence-corrected chi connectivity index (χ4v) is 1.82. The fraction of sp³-hybridized carbons (Fsp3) is 0. The monoisotopic (exact) mass is 237 g/mol. The molecule has 0 aliphatic rings. The molecule has 1 heterocycles. The van der Waals surface area contributed by atoms with Gasteiger partial charge in [0.25, 0.3) is 0 Å². The first-order valence-electron chi connectivity index (χ1n) is 5.48. The average Bonchev–Trinajstić information content (AvgIpc) is 2.39. The minimum absolute atomic E-state index is 0.0455. The number of hydrogen-bond acceptors (Lipinski definition) is 3. The van der Waals surface area contributed by atoms with Crippen molar-refractivity contribution in [2.45, 2.75) is 0 Å². The Hall–Kier alpha value is -2.55. The maximum absolute atomic E-state index is 11.9. The number of benzene rings is 2. The molecule has 3 aromatic rings. The predicted octanol–water partition coefficient (Wildman–Crippen LogP) is 2.97. The SMILES string of the molecule is O=c1cc(-c2ccccc2)oc2[c]c(O)ccc12. The van der Waals surface area contributed by atoms with Crippen LogP contribution >= 0.6 is 0 Å². The molecule has 0 bridgehead atoms. The normalized spacial score (nSPS) is 10.7. The Labute approximate surface area is 103 Å². The Morgan fingerprint density at radius 1 is 1.06 bits per heavy atom. The summed E-state index contributed by atoms with van der Waals surface area (Å²) in [6, 6.07) is 16.4. The third-order valence-corrected chi connectivity index (χ3v) is 2.69. The van der Waals surface area contributed by atoms with Crippen molar-refractivity contribution in [3.63, 3.8) is 0 Å². The topological polar surface area (TPSA) is 50.4 Å². The van der Waals surface area contributed by atoms with Crippen LogP contribution in [-0.2, 0) is 0 Å². The number of aromatic hydroxyl groups is 1. The summed E-state index contributed by atoms with van der Waals surface area (Å²) in [6.07, 6.45) is 0. The van der Waals surface area contributed by atoms with Crippen molar-refractivity contribution < 1.29 is 9.52 Å². The molecule has 3 rings (SSSR count). The second-order valence-electron chi connectivity index (χ2n) is 3.93. The number of phenols is 1. The zero-order valence-corrected chi connectivity index (χ0v) is 9.38. The molecule has 1 radical (unpaired) electrons. The maximum Gasteiger partial charge on any atom is 0.193 e. The largest absolute Gasteiger partial charge is 0.507 e. The molecule has 1 N–H and O–H groups in total. The van der Waals surface area contributed by atoms with Crippen LogP contribution in [0.4, 0.5) is 0 Å². The van der Waals surface area contributed by atoms with Gasteiger partial charge >= 0.3 is 0 Å². The van der Waals surface area contributed by atoms with E-state index in [1.54, 1.807) is 0 Å². The smallest absolute Gasteiger partial charge is 0.193 e. The number of phenolic OH excluding ortho intramolecular Hbond substituents is 1. The van der Waals surface area contributed by atoms with Crippen LogP contribution in [0.1, 0.15) is 0 Å². The standard InChI is InChI=1S/C15H9O3/c16-11-6-7-12-13(17)9-14(18-15(12)8-11)10-4-2-1-3-5-10/h1-7,9,16H. The van der Waals surface area contributed by atoms with E-state index in [0.717, 1.165) is 5.56 Å². The third-order valence-electron chi connectivity index (χ3n) is 2.69. The lowest BCUT2D eigenvalue weighted by Crippen LogP contribution is -1.99. The van der Waals surface area contributed by atoms with Crippen molar-refractivity contribution >= 4 is 11.0 Å². The molecule has 0 amide bonds. The van der Waals surface area contributed by atoms with Crippen molar-refractivity contribution in [2.24, 2.45) is 0 Å². The molecule has 0 saturated carbocycles. The van der Waals surface area contributed by atoms with Gasteiger partial charge in [-0.3, -0.25) is 4.79 Å². The average molecular weight is 237 g/mol. The number of hydrogen-bond donors (Lipinski definition) is 1. The Bertz CT molecular complexity index is 758. The fourth-order valence-electron chi connectivity index (χ4n) is 1.82. The van der Waals surface area contributed by atoms with E-state index in [1.807, 2.05) is 30.3 Å². The van der Waals surface area contributed by atoms with Gasteiger partial charge in [0.05, 0.1) is 11.5 Å². The van der Waals surface area contributed by atoms with Gasteiger partial charge < -0.3 is 9.52 Å². The summed E-state index contributed by atoms with van der Waals surface area (Å²) in [6.45, 7) is 0.